The zero-order valence-electron chi connectivity index (χ0n) is 13.4. The van der Waals surface area contributed by atoms with Crippen molar-refractivity contribution in [2.24, 2.45) is 0 Å². The van der Waals surface area contributed by atoms with E-state index in [9.17, 15) is 9.59 Å². The van der Waals surface area contributed by atoms with Gasteiger partial charge in [0.2, 0.25) is 0 Å². The van der Waals surface area contributed by atoms with Gasteiger partial charge in [0.15, 0.2) is 0 Å². The van der Waals surface area contributed by atoms with E-state index in [1.165, 1.54) is 7.11 Å². The molecular weight excluding hydrogens is 302 g/mol. The maximum absolute atomic E-state index is 11.8. The van der Waals surface area contributed by atoms with Gasteiger partial charge < -0.3 is 14.8 Å². The van der Waals surface area contributed by atoms with Crippen LogP contribution in [0.1, 0.15) is 26.3 Å². The number of methoxy groups -OCH3 is 1. The largest absolute Gasteiger partial charge is 0.467 e. The molecule has 0 fully saturated rings. The molecule has 0 aliphatic carbocycles. The quantitative estimate of drug-likeness (QED) is 0.815. The minimum absolute atomic E-state index is 0.417. The van der Waals surface area contributed by atoms with Crippen LogP contribution in [-0.4, -0.2) is 36.6 Å². The zero-order valence-corrected chi connectivity index (χ0v) is 14.2. The van der Waals surface area contributed by atoms with E-state index in [4.69, 9.17) is 9.47 Å². The van der Waals surface area contributed by atoms with Crippen molar-refractivity contribution in [1.82, 2.24) is 5.32 Å². The van der Waals surface area contributed by atoms with Gasteiger partial charge in [0, 0.05) is 11.5 Å². The first-order valence-corrected chi connectivity index (χ1v) is 8.16. The molecule has 0 aromatic heterocycles. The van der Waals surface area contributed by atoms with E-state index in [0.29, 0.717) is 5.75 Å². The van der Waals surface area contributed by atoms with E-state index in [-0.39, 0.29) is 0 Å². The van der Waals surface area contributed by atoms with Crippen LogP contribution in [0.15, 0.2) is 30.3 Å². The molecule has 1 rings (SSSR count). The molecule has 6 heteroatoms. The Morgan fingerprint density at radius 2 is 1.86 bits per heavy atom. The van der Waals surface area contributed by atoms with Gasteiger partial charge in [0.05, 0.1) is 7.11 Å². The lowest BCUT2D eigenvalue weighted by Gasteiger charge is -2.22. The minimum Gasteiger partial charge on any atom is -0.467 e. The van der Waals surface area contributed by atoms with E-state index >= 15 is 0 Å². The summed E-state index contributed by atoms with van der Waals surface area (Å²) in [6.45, 7) is 5.30. The Kier molecular flexibility index (Phi) is 7.24. The molecule has 1 N–H and O–H groups in total. The molecule has 1 amide bonds. The van der Waals surface area contributed by atoms with Crippen LogP contribution >= 0.6 is 11.8 Å². The van der Waals surface area contributed by atoms with Gasteiger partial charge in [0.1, 0.15) is 11.6 Å². The lowest BCUT2D eigenvalue weighted by Crippen LogP contribution is -2.45. The molecule has 0 saturated heterocycles. The van der Waals surface area contributed by atoms with Crippen molar-refractivity contribution < 1.29 is 19.1 Å². The highest BCUT2D eigenvalue weighted by molar-refractivity contribution is 7.98. The van der Waals surface area contributed by atoms with E-state index in [1.54, 1.807) is 32.5 Å². The summed E-state index contributed by atoms with van der Waals surface area (Å²) in [6.07, 6.45) is -0.622. The van der Waals surface area contributed by atoms with Gasteiger partial charge in [-0.1, -0.05) is 30.3 Å². The molecule has 22 heavy (non-hydrogen) atoms. The molecule has 1 aromatic rings. The highest BCUT2D eigenvalue weighted by atomic mass is 32.2. The molecule has 0 bridgehead atoms. The summed E-state index contributed by atoms with van der Waals surface area (Å²) in [7, 11) is 1.30. The van der Waals surface area contributed by atoms with Crippen molar-refractivity contribution in [2.75, 3.05) is 12.9 Å². The van der Waals surface area contributed by atoms with Crippen molar-refractivity contribution in [3.8, 4) is 0 Å². The number of alkyl carbamates (subject to hydrolysis) is 1. The fourth-order valence-electron chi connectivity index (χ4n) is 1.63. The number of rotatable bonds is 6. The third-order valence-electron chi connectivity index (χ3n) is 2.57. The van der Waals surface area contributed by atoms with Crippen molar-refractivity contribution in [1.29, 1.82) is 0 Å². The molecule has 0 aliphatic rings. The average Bonchev–Trinajstić information content (AvgIpc) is 2.44. The Morgan fingerprint density at radius 1 is 1.23 bits per heavy atom. The molecule has 0 spiro atoms. The Bertz CT molecular complexity index is 485. The van der Waals surface area contributed by atoms with Crippen LogP contribution in [0.4, 0.5) is 4.79 Å². The highest BCUT2D eigenvalue weighted by Crippen LogP contribution is 2.14. The predicted molar refractivity (Wildman–Crippen MR) is 87.8 cm³/mol. The molecule has 0 heterocycles. The van der Waals surface area contributed by atoms with Crippen molar-refractivity contribution in [3.05, 3.63) is 35.9 Å². The van der Waals surface area contributed by atoms with E-state index in [1.807, 2.05) is 30.3 Å². The topological polar surface area (TPSA) is 64.6 Å². The smallest absolute Gasteiger partial charge is 0.408 e. The number of benzene rings is 1. The summed E-state index contributed by atoms with van der Waals surface area (Å²) in [4.78, 5) is 23.5. The number of carbonyl (C=O) groups excluding carboxylic acids is 2. The molecule has 0 aliphatic heterocycles. The monoisotopic (exact) mass is 325 g/mol. The fourth-order valence-corrected chi connectivity index (χ4v) is 2.63. The first-order chi connectivity index (χ1) is 10.3. The number of hydrogen-bond acceptors (Lipinski definition) is 5. The Hall–Kier alpha value is -1.69. The Labute approximate surface area is 135 Å². The lowest BCUT2D eigenvalue weighted by molar-refractivity contribution is -0.142. The summed E-state index contributed by atoms with van der Waals surface area (Å²) in [5.74, 6) is 0.692. The maximum Gasteiger partial charge on any atom is 0.408 e. The summed E-state index contributed by atoms with van der Waals surface area (Å²) < 4.78 is 9.88. The number of amides is 1. The SMILES string of the molecule is COC(=O)[C@H](CSCc1ccccc1)NC(=O)OC(C)(C)C. The molecule has 0 radical (unpaired) electrons. The van der Waals surface area contributed by atoms with Crippen LogP contribution < -0.4 is 5.32 Å². The van der Waals surface area contributed by atoms with E-state index < -0.39 is 23.7 Å². The lowest BCUT2D eigenvalue weighted by atomic mass is 10.2. The van der Waals surface area contributed by atoms with Crippen LogP contribution in [0.2, 0.25) is 0 Å². The average molecular weight is 325 g/mol. The number of carbonyl (C=O) groups is 2. The number of hydrogen-bond donors (Lipinski definition) is 1. The molecule has 0 unspecified atom stereocenters. The molecule has 0 saturated carbocycles. The Balaban J connectivity index is 2.50. The van der Waals surface area contributed by atoms with Crippen LogP contribution in [0.3, 0.4) is 0 Å². The Morgan fingerprint density at radius 3 is 2.41 bits per heavy atom. The fraction of sp³-hybridized carbons (Fsp3) is 0.500. The van der Waals surface area contributed by atoms with Crippen LogP contribution in [0.25, 0.3) is 0 Å². The summed E-state index contributed by atoms with van der Waals surface area (Å²) in [5, 5.41) is 2.55. The van der Waals surface area contributed by atoms with Gasteiger partial charge >= 0.3 is 12.1 Å². The molecule has 1 aromatic carbocycles. The molecule has 5 nitrogen and oxygen atoms in total. The van der Waals surface area contributed by atoms with Crippen molar-refractivity contribution >= 4 is 23.8 Å². The summed E-state index contributed by atoms with van der Waals surface area (Å²) in [6, 6.07) is 9.19. The summed E-state index contributed by atoms with van der Waals surface area (Å²) in [5.41, 5.74) is 0.551. The second-order valence-corrected chi connectivity index (χ2v) is 6.75. The van der Waals surface area contributed by atoms with Gasteiger partial charge in [-0.15, -0.1) is 0 Å². The van der Waals surface area contributed by atoms with Gasteiger partial charge in [-0.3, -0.25) is 0 Å². The first-order valence-electron chi connectivity index (χ1n) is 7.01. The second-order valence-electron chi connectivity index (χ2n) is 5.72. The third-order valence-corrected chi connectivity index (χ3v) is 3.68. The predicted octanol–water partition coefficient (Wildman–Crippen LogP) is 2.99. The maximum atomic E-state index is 11.8. The highest BCUT2D eigenvalue weighted by Gasteiger charge is 2.24. The van der Waals surface area contributed by atoms with E-state index in [2.05, 4.69) is 5.32 Å². The molecule has 1 atom stereocenters. The number of thioether (sulfide) groups is 1. The first kappa shape index (κ1) is 18.4. The standard InChI is InChI=1S/C16H23NO4S/c1-16(2,3)21-15(19)17-13(14(18)20-4)11-22-10-12-8-6-5-7-9-12/h5-9,13H,10-11H2,1-4H3,(H,17,19)/t13-/m0/s1. The second kappa shape index (κ2) is 8.68. The number of nitrogens with one attached hydrogen (secondary N) is 1. The summed E-state index contributed by atoms with van der Waals surface area (Å²) >= 11 is 1.55. The van der Waals surface area contributed by atoms with Gasteiger partial charge in [-0.05, 0) is 26.3 Å². The third kappa shape index (κ3) is 7.36. The van der Waals surface area contributed by atoms with Crippen LogP contribution in [-0.2, 0) is 20.0 Å². The van der Waals surface area contributed by atoms with Crippen molar-refractivity contribution in [2.45, 2.75) is 38.2 Å². The molecule has 122 valence electrons. The molecular formula is C16H23NO4S. The van der Waals surface area contributed by atoms with E-state index in [0.717, 1.165) is 11.3 Å². The normalized spacial score (nSPS) is 12.4. The van der Waals surface area contributed by atoms with Crippen LogP contribution in [0.5, 0.6) is 0 Å². The number of ether oxygens (including phenoxy) is 2. The van der Waals surface area contributed by atoms with Crippen LogP contribution in [0, 0.1) is 0 Å². The zero-order chi connectivity index (χ0) is 16.6. The van der Waals surface area contributed by atoms with Crippen molar-refractivity contribution in [3.63, 3.8) is 0 Å². The van der Waals surface area contributed by atoms with Gasteiger partial charge in [-0.25, -0.2) is 9.59 Å². The minimum atomic E-state index is -0.728. The number of esters is 1. The van der Waals surface area contributed by atoms with Gasteiger partial charge in [-0.2, -0.15) is 11.8 Å². The van der Waals surface area contributed by atoms with Gasteiger partial charge in [0.25, 0.3) is 0 Å².